The van der Waals surface area contributed by atoms with Gasteiger partial charge in [-0.3, -0.25) is 0 Å². The van der Waals surface area contributed by atoms with Gasteiger partial charge in [-0.15, -0.1) is 0 Å². The minimum absolute atomic E-state index is 0. The van der Waals surface area contributed by atoms with Crippen LogP contribution in [0.5, 0.6) is 0 Å². The van der Waals surface area contributed by atoms with Crippen molar-refractivity contribution in [2.24, 2.45) is 11.8 Å². The zero-order valence-electron chi connectivity index (χ0n) is 18.5. The Hall–Kier alpha value is -2.52. The molecule has 1 N–H and O–H groups in total. The fraction of sp³-hybridized carbons (Fsp3) is 0.259. The van der Waals surface area contributed by atoms with Crippen LogP contribution in [0, 0.1) is 18.8 Å². The number of hydrogen-bond acceptors (Lipinski definition) is 3. The first-order chi connectivity index (χ1) is 14.9. The maximum absolute atomic E-state index is 13.1. The van der Waals surface area contributed by atoms with Crippen LogP contribution in [0.15, 0.2) is 66.7 Å². The first kappa shape index (κ1) is 24.1. The molecule has 0 heterocycles. The second-order valence-corrected chi connectivity index (χ2v) is 8.46. The Bertz CT molecular complexity index is 1140. The number of ether oxygens (including phenoxy) is 1. The van der Waals surface area contributed by atoms with Gasteiger partial charge >= 0.3 is 11.9 Å². The van der Waals surface area contributed by atoms with Crippen LogP contribution in [-0.2, 0) is 37.4 Å². The number of hydrogen-bond donors (Lipinski definition) is 1. The van der Waals surface area contributed by atoms with Crippen LogP contribution in [0.4, 0.5) is 0 Å². The SMILES string of the molecule is Cc1c(C(=O)O)cccc1C(=O)OC1c2cccc(-c3ccccc3)c2CC1C(C)C.[Zr]. The molecule has 5 heteroatoms. The molecule has 1 aliphatic carbocycles. The predicted octanol–water partition coefficient (Wildman–Crippen LogP) is 6.08. The number of carboxylic acid groups (broad SMARTS) is 1. The van der Waals surface area contributed by atoms with Crippen molar-refractivity contribution in [2.45, 2.75) is 33.3 Å². The summed E-state index contributed by atoms with van der Waals surface area (Å²) in [5, 5.41) is 9.39. The van der Waals surface area contributed by atoms with Gasteiger partial charge in [-0.1, -0.05) is 68.4 Å². The summed E-state index contributed by atoms with van der Waals surface area (Å²) in [4.78, 5) is 24.6. The molecule has 0 spiro atoms. The van der Waals surface area contributed by atoms with Gasteiger partial charge in [0.2, 0.25) is 0 Å². The Balaban J connectivity index is 0.00000289. The van der Waals surface area contributed by atoms with E-state index in [0.29, 0.717) is 17.0 Å². The topological polar surface area (TPSA) is 63.6 Å². The maximum atomic E-state index is 13.1. The first-order valence-corrected chi connectivity index (χ1v) is 10.6. The minimum atomic E-state index is -1.05. The summed E-state index contributed by atoms with van der Waals surface area (Å²) in [5.74, 6) is -1.05. The Kier molecular flexibility index (Phi) is 7.51. The van der Waals surface area contributed by atoms with E-state index in [0.717, 1.165) is 17.5 Å². The van der Waals surface area contributed by atoms with Gasteiger partial charge in [0.25, 0.3) is 0 Å². The van der Waals surface area contributed by atoms with E-state index in [9.17, 15) is 14.7 Å². The third kappa shape index (κ3) is 4.50. The number of aromatic carboxylic acids is 1. The van der Waals surface area contributed by atoms with Crippen LogP contribution in [0.1, 0.15) is 57.4 Å². The van der Waals surface area contributed by atoms with E-state index in [1.165, 1.54) is 17.2 Å². The normalized spacial score (nSPS) is 16.9. The van der Waals surface area contributed by atoms with E-state index in [-0.39, 0.29) is 43.8 Å². The van der Waals surface area contributed by atoms with Crippen LogP contribution in [-0.4, -0.2) is 17.0 Å². The average Bonchev–Trinajstić information content (AvgIpc) is 3.13. The van der Waals surface area contributed by atoms with Crippen LogP contribution < -0.4 is 0 Å². The third-order valence-electron chi connectivity index (χ3n) is 6.31. The molecule has 162 valence electrons. The molecular formula is C27H26O4Zr. The van der Waals surface area contributed by atoms with Gasteiger partial charge < -0.3 is 9.84 Å². The summed E-state index contributed by atoms with van der Waals surface area (Å²) >= 11 is 0. The van der Waals surface area contributed by atoms with Crippen LogP contribution in [0.2, 0.25) is 0 Å². The molecule has 0 bridgehead atoms. The van der Waals surface area contributed by atoms with Gasteiger partial charge in [0.1, 0.15) is 6.10 Å². The summed E-state index contributed by atoms with van der Waals surface area (Å²) in [7, 11) is 0. The Labute approximate surface area is 207 Å². The van der Waals surface area contributed by atoms with Crippen molar-refractivity contribution in [3.8, 4) is 11.1 Å². The number of carbonyl (C=O) groups is 2. The summed E-state index contributed by atoms with van der Waals surface area (Å²) in [6, 6.07) is 21.1. The molecule has 4 rings (SSSR count). The molecular weight excluding hydrogens is 480 g/mol. The molecule has 0 saturated carbocycles. The zero-order valence-corrected chi connectivity index (χ0v) is 20.9. The van der Waals surface area contributed by atoms with E-state index >= 15 is 0 Å². The zero-order chi connectivity index (χ0) is 22.1. The van der Waals surface area contributed by atoms with Crippen molar-refractivity contribution >= 4 is 11.9 Å². The summed E-state index contributed by atoms with van der Waals surface area (Å²) in [6.45, 7) is 5.95. The van der Waals surface area contributed by atoms with Gasteiger partial charge in [0.15, 0.2) is 0 Å². The third-order valence-corrected chi connectivity index (χ3v) is 6.31. The van der Waals surface area contributed by atoms with Crippen LogP contribution in [0.25, 0.3) is 11.1 Å². The van der Waals surface area contributed by atoms with Crippen molar-refractivity contribution in [1.82, 2.24) is 0 Å². The van der Waals surface area contributed by atoms with Crippen molar-refractivity contribution in [3.63, 3.8) is 0 Å². The van der Waals surface area contributed by atoms with E-state index in [2.05, 4.69) is 32.0 Å². The predicted molar refractivity (Wildman–Crippen MR) is 120 cm³/mol. The van der Waals surface area contributed by atoms with Crippen LogP contribution in [0.3, 0.4) is 0 Å². The second-order valence-electron chi connectivity index (χ2n) is 8.46. The van der Waals surface area contributed by atoms with Gasteiger partial charge in [0.05, 0.1) is 11.1 Å². The van der Waals surface area contributed by atoms with Gasteiger partial charge in [-0.05, 0) is 59.2 Å². The molecule has 2 atom stereocenters. The van der Waals surface area contributed by atoms with Crippen LogP contribution >= 0.6 is 0 Å². The molecule has 2 unspecified atom stereocenters. The van der Waals surface area contributed by atoms with Crippen molar-refractivity contribution < 1.29 is 45.6 Å². The molecule has 3 aromatic carbocycles. The Morgan fingerprint density at radius 2 is 1.59 bits per heavy atom. The van der Waals surface area contributed by atoms with E-state index in [1.807, 2.05) is 30.3 Å². The number of carboxylic acids is 1. The van der Waals surface area contributed by atoms with Crippen molar-refractivity contribution in [3.05, 3.63) is 94.5 Å². The number of benzene rings is 3. The number of carbonyl (C=O) groups excluding carboxylic acids is 1. The Morgan fingerprint density at radius 3 is 2.25 bits per heavy atom. The minimum Gasteiger partial charge on any atom is -0.478 e. The van der Waals surface area contributed by atoms with Crippen molar-refractivity contribution in [2.75, 3.05) is 0 Å². The van der Waals surface area contributed by atoms with E-state index in [4.69, 9.17) is 4.74 Å². The maximum Gasteiger partial charge on any atom is 0.339 e. The van der Waals surface area contributed by atoms with E-state index < -0.39 is 11.9 Å². The van der Waals surface area contributed by atoms with Gasteiger partial charge in [-0.2, -0.15) is 0 Å². The van der Waals surface area contributed by atoms with Gasteiger partial charge in [0, 0.05) is 32.1 Å². The smallest absolute Gasteiger partial charge is 0.339 e. The summed E-state index contributed by atoms with van der Waals surface area (Å²) < 4.78 is 6.07. The largest absolute Gasteiger partial charge is 0.478 e. The molecule has 0 aliphatic heterocycles. The molecule has 32 heavy (non-hydrogen) atoms. The average molecular weight is 506 g/mol. The molecule has 3 aromatic rings. The molecule has 1 aliphatic rings. The second kappa shape index (κ2) is 9.96. The quantitative estimate of drug-likeness (QED) is 0.427. The standard InChI is InChI=1S/C27H26O4.Zr/c1-16(2)23-15-24-21(18-9-5-4-6-10-18)13-8-14-22(24)25(23)31-27(30)20-12-7-11-19(17(20)3)26(28)29;/h4-14,16,23,25H,15H2,1-3H3,(H,28,29);. The van der Waals surface area contributed by atoms with E-state index in [1.54, 1.807) is 19.1 Å². The molecule has 0 radical (unpaired) electrons. The monoisotopic (exact) mass is 504 g/mol. The number of rotatable bonds is 5. The molecule has 0 amide bonds. The molecule has 0 aromatic heterocycles. The van der Waals surface area contributed by atoms with Crippen molar-refractivity contribution in [1.29, 1.82) is 0 Å². The summed E-state index contributed by atoms with van der Waals surface area (Å²) in [6.07, 6.45) is 0.475. The molecule has 0 fully saturated rings. The number of esters is 1. The first-order valence-electron chi connectivity index (χ1n) is 10.6. The summed E-state index contributed by atoms with van der Waals surface area (Å²) in [5.41, 5.74) is 5.44. The fourth-order valence-electron chi connectivity index (χ4n) is 4.56. The van der Waals surface area contributed by atoms with Gasteiger partial charge in [-0.25, -0.2) is 9.59 Å². The molecule has 4 nitrogen and oxygen atoms in total. The fourth-order valence-corrected chi connectivity index (χ4v) is 4.56. The molecule has 0 saturated heterocycles. The number of fused-ring (bicyclic) bond motifs is 1. The Morgan fingerprint density at radius 1 is 0.938 bits per heavy atom.